The van der Waals surface area contributed by atoms with Crippen LogP contribution in [0.4, 0.5) is 10.1 Å². The molecule has 5 aromatic rings. The Bertz CT molecular complexity index is 1690. The summed E-state index contributed by atoms with van der Waals surface area (Å²) in [7, 11) is 1.82. The van der Waals surface area contributed by atoms with Crippen LogP contribution in [0.3, 0.4) is 0 Å². The monoisotopic (exact) mass is 471 g/mol. The molecule has 2 N–H and O–H groups in total. The Balaban J connectivity index is 1.68. The number of aromatic carboxylic acids is 1. The van der Waals surface area contributed by atoms with Crippen LogP contribution in [0, 0.1) is 12.7 Å². The fourth-order valence-electron chi connectivity index (χ4n) is 4.44. The minimum atomic E-state index is -1.37. The highest BCUT2D eigenvalue weighted by molar-refractivity contribution is 5.95. The molecular formula is C27H22FN3O4. The molecular weight excluding hydrogens is 449 g/mol. The number of hydrogen-bond donors (Lipinski definition) is 2. The van der Waals surface area contributed by atoms with Gasteiger partial charge in [-0.05, 0) is 43.7 Å². The van der Waals surface area contributed by atoms with Crippen LogP contribution in [-0.2, 0) is 7.05 Å². The maximum absolute atomic E-state index is 14.2. The Labute approximate surface area is 199 Å². The largest absolute Gasteiger partial charge is 0.478 e. The highest BCUT2D eigenvalue weighted by Crippen LogP contribution is 2.33. The van der Waals surface area contributed by atoms with Gasteiger partial charge in [0, 0.05) is 24.1 Å². The van der Waals surface area contributed by atoms with Crippen molar-refractivity contribution in [2.24, 2.45) is 7.05 Å². The number of para-hydroxylation sites is 1. The van der Waals surface area contributed by atoms with Crippen molar-refractivity contribution in [3.63, 3.8) is 0 Å². The van der Waals surface area contributed by atoms with E-state index in [1.807, 2.05) is 44.3 Å². The molecule has 0 aliphatic heterocycles. The molecule has 0 aliphatic carbocycles. The van der Waals surface area contributed by atoms with Crippen molar-refractivity contribution in [1.29, 1.82) is 0 Å². The Morgan fingerprint density at radius 3 is 2.66 bits per heavy atom. The number of aryl methyl sites for hydroxylation is 2. The van der Waals surface area contributed by atoms with Gasteiger partial charge in [0.05, 0.1) is 22.6 Å². The summed E-state index contributed by atoms with van der Waals surface area (Å²) in [5.41, 5.74) is 2.75. The Hall–Kier alpha value is -4.46. The number of hydrogen-bond acceptors (Lipinski definition) is 5. The summed E-state index contributed by atoms with van der Waals surface area (Å²) in [4.78, 5) is 24.8. The van der Waals surface area contributed by atoms with E-state index in [1.165, 1.54) is 18.2 Å². The van der Waals surface area contributed by atoms with Crippen molar-refractivity contribution in [2.75, 3.05) is 5.32 Å². The van der Waals surface area contributed by atoms with Gasteiger partial charge in [0.2, 0.25) is 0 Å². The van der Waals surface area contributed by atoms with E-state index in [0.29, 0.717) is 28.0 Å². The molecule has 0 spiro atoms. The fraction of sp³-hybridized carbons (Fsp3) is 0.148. The molecule has 2 heterocycles. The van der Waals surface area contributed by atoms with Gasteiger partial charge in [0.15, 0.2) is 11.2 Å². The van der Waals surface area contributed by atoms with Crippen LogP contribution in [0.5, 0.6) is 0 Å². The quantitative estimate of drug-likeness (QED) is 0.343. The number of rotatable bonds is 5. The molecule has 1 unspecified atom stereocenters. The smallest absolute Gasteiger partial charge is 0.340 e. The Kier molecular flexibility index (Phi) is 5.36. The summed E-state index contributed by atoms with van der Waals surface area (Å²) < 4.78 is 22.2. The van der Waals surface area contributed by atoms with Crippen LogP contribution in [0.15, 0.2) is 69.9 Å². The average molecular weight is 471 g/mol. The number of carboxylic acids is 1. The molecule has 8 heteroatoms. The number of benzene rings is 3. The summed E-state index contributed by atoms with van der Waals surface area (Å²) in [5, 5.41) is 18.4. The van der Waals surface area contributed by atoms with Crippen molar-refractivity contribution in [2.45, 2.75) is 19.9 Å². The van der Waals surface area contributed by atoms with Gasteiger partial charge in [-0.2, -0.15) is 5.10 Å². The van der Waals surface area contributed by atoms with E-state index >= 15 is 0 Å². The molecule has 0 saturated heterocycles. The third-order valence-corrected chi connectivity index (χ3v) is 6.06. The number of nitrogens with one attached hydrogen (secondary N) is 1. The number of carbonyl (C=O) groups is 1. The number of aromatic nitrogens is 2. The molecule has 1 atom stereocenters. The molecule has 5 rings (SSSR count). The third kappa shape index (κ3) is 3.82. The fourth-order valence-corrected chi connectivity index (χ4v) is 4.44. The standard InChI is InChI=1S/C27H22FN3O4/c1-14-11-17(15(2)29-20-9-6-8-19(28)24(20)27(33)34)26-18(12-14)22(32)13-23(35-26)25-16-7-4-5-10-21(16)31(3)30-25/h4-13,15,29H,1-3H3,(H,33,34). The van der Waals surface area contributed by atoms with Crippen LogP contribution in [0.2, 0.25) is 0 Å². The molecule has 176 valence electrons. The van der Waals surface area contributed by atoms with Crippen molar-refractivity contribution in [3.05, 3.63) is 93.4 Å². The summed E-state index contributed by atoms with van der Waals surface area (Å²) in [5.74, 6) is -1.88. The SMILES string of the molecule is Cc1cc(C(C)Nc2cccc(F)c2C(=O)O)c2oc(-c3nn(C)c4ccccc34)cc(=O)c2c1. The zero-order valence-corrected chi connectivity index (χ0v) is 19.3. The Morgan fingerprint density at radius 2 is 1.89 bits per heavy atom. The topological polar surface area (TPSA) is 97.4 Å². The molecule has 35 heavy (non-hydrogen) atoms. The van der Waals surface area contributed by atoms with Crippen LogP contribution in [-0.4, -0.2) is 20.9 Å². The molecule has 2 aromatic heterocycles. The highest BCUT2D eigenvalue weighted by atomic mass is 19.1. The van der Waals surface area contributed by atoms with Gasteiger partial charge in [0.25, 0.3) is 0 Å². The maximum Gasteiger partial charge on any atom is 0.340 e. The number of anilines is 1. The number of nitrogens with zero attached hydrogens (tertiary/aromatic N) is 2. The van der Waals surface area contributed by atoms with Gasteiger partial charge in [-0.3, -0.25) is 9.48 Å². The predicted octanol–water partition coefficient (Wildman–Crippen LogP) is 5.67. The average Bonchev–Trinajstić information content (AvgIpc) is 3.15. The minimum Gasteiger partial charge on any atom is -0.478 e. The van der Waals surface area contributed by atoms with E-state index in [9.17, 15) is 19.1 Å². The van der Waals surface area contributed by atoms with Crippen LogP contribution >= 0.6 is 0 Å². The molecule has 0 aliphatic rings. The Morgan fingerprint density at radius 1 is 1.11 bits per heavy atom. The molecule has 0 bridgehead atoms. The van der Waals surface area contributed by atoms with Crippen LogP contribution < -0.4 is 10.7 Å². The van der Waals surface area contributed by atoms with Crippen molar-refractivity contribution in [3.8, 4) is 11.5 Å². The summed E-state index contributed by atoms with van der Waals surface area (Å²) in [6, 6.07) is 16.3. The third-order valence-electron chi connectivity index (χ3n) is 6.06. The van der Waals surface area contributed by atoms with E-state index in [0.717, 1.165) is 22.5 Å². The van der Waals surface area contributed by atoms with Gasteiger partial charge < -0.3 is 14.8 Å². The highest BCUT2D eigenvalue weighted by Gasteiger charge is 2.21. The second-order valence-corrected chi connectivity index (χ2v) is 8.53. The lowest BCUT2D eigenvalue weighted by atomic mass is 10.00. The minimum absolute atomic E-state index is 0.133. The molecule has 0 saturated carbocycles. The van der Waals surface area contributed by atoms with Crippen LogP contribution in [0.25, 0.3) is 33.3 Å². The first-order valence-electron chi connectivity index (χ1n) is 11.0. The first kappa shape index (κ1) is 22.3. The first-order chi connectivity index (χ1) is 16.7. The molecule has 0 radical (unpaired) electrons. The second kappa shape index (κ2) is 8.39. The lowest BCUT2D eigenvalue weighted by molar-refractivity contribution is 0.0693. The van der Waals surface area contributed by atoms with Gasteiger partial charge in [-0.15, -0.1) is 0 Å². The van der Waals surface area contributed by atoms with Crippen molar-refractivity contribution in [1.82, 2.24) is 9.78 Å². The number of carboxylic acid groups (broad SMARTS) is 1. The summed E-state index contributed by atoms with van der Waals surface area (Å²) in [6.45, 7) is 3.66. The lowest BCUT2D eigenvalue weighted by Gasteiger charge is -2.19. The van der Waals surface area contributed by atoms with Crippen molar-refractivity contribution < 1.29 is 18.7 Å². The van der Waals surface area contributed by atoms with E-state index in [2.05, 4.69) is 10.4 Å². The van der Waals surface area contributed by atoms with E-state index < -0.39 is 23.4 Å². The second-order valence-electron chi connectivity index (χ2n) is 8.53. The maximum atomic E-state index is 14.2. The van der Waals surface area contributed by atoms with Gasteiger partial charge in [-0.1, -0.05) is 30.3 Å². The number of halogens is 1. The van der Waals surface area contributed by atoms with E-state index in [1.54, 1.807) is 17.7 Å². The molecule has 0 amide bonds. The van der Waals surface area contributed by atoms with E-state index in [4.69, 9.17) is 4.42 Å². The van der Waals surface area contributed by atoms with Crippen molar-refractivity contribution >= 4 is 33.5 Å². The normalized spacial score (nSPS) is 12.2. The first-order valence-corrected chi connectivity index (χ1v) is 11.0. The summed E-state index contributed by atoms with van der Waals surface area (Å²) >= 11 is 0. The molecule has 3 aromatic carbocycles. The lowest BCUT2D eigenvalue weighted by Crippen LogP contribution is -2.13. The van der Waals surface area contributed by atoms with Crippen LogP contribution in [0.1, 0.15) is 34.5 Å². The van der Waals surface area contributed by atoms with E-state index in [-0.39, 0.29) is 11.1 Å². The van der Waals surface area contributed by atoms with Gasteiger partial charge in [0.1, 0.15) is 22.7 Å². The van der Waals surface area contributed by atoms with Gasteiger partial charge >= 0.3 is 5.97 Å². The summed E-state index contributed by atoms with van der Waals surface area (Å²) in [6.07, 6.45) is 0. The molecule has 7 nitrogen and oxygen atoms in total. The molecule has 0 fully saturated rings. The van der Waals surface area contributed by atoms with Gasteiger partial charge in [-0.25, -0.2) is 9.18 Å². The number of fused-ring (bicyclic) bond motifs is 2. The zero-order chi connectivity index (χ0) is 24.9. The predicted molar refractivity (Wildman–Crippen MR) is 132 cm³/mol. The zero-order valence-electron chi connectivity index (χ0n) is 19.3.